The molecule has 21 heavy (non-hydrogen) atoms. The Bertz CT molecular complexity index is 473. The fraction of sp³-hybridized carbons (Fsp3) is 0.692. The lowest BCUT2D eigenvalue weighted by molar-refractivity contribution is -0.141. The molecule has 8 heteroatoms. The van der Waals surface area contributed by atoms with Crippen molar-refractivity contribution in [2.75, 3.05) is 17.2 Å². The van der Waals surface area contributed by atoms with Gasteiger partial charge in [0.25, 0.3) is 0 Å². The minimum absolute atomic E-state index is 0.0267. The van der Waals surface area contributed by atoms with Gasteiger partial charge in [-0.3, -0.25) is 0 Å². The van der Waals surface area contributed by atoms with E-state index in [1.165, 1.54) is 0 Å². The molecule has 0 radical (unpaired) electrons. The van der Waals surface area contributed by atoms with Crippen LogP contribution in [0.2, 0.25) is 0 Å². The lowest BCUT2D eigenvalue weighted by Crippen LogP contribution is -2.29. The molecule has 1 fully saturated rings. The van der Waals surface area contributed by atoms with Crippen LogP contribution in [-0.2, 0) is 6.18 Å². The monoisotopic (exact) mass is 304 g/mol. The number of aliphatic hydroxyl groups is 1. The van der Waals surface area contributed by atoms with Crippen molar-refractivity contribution >= 4 is 11.8 Å². The fourth-order valence-electron chi connectivity index (χ4n) is 2.33. The molecule has 5 nitrogen and oxygen atoms in total. The van der Waals surface area contributed by atoms with Gasteiger partial charge in [0.05, 0.1) is 6.10 Å². The molecule has 1 aliphatic rings. The maximum absolute atomic E-state index is 12.8. The quantitative estimate of drug-likeness (QED) is 0.798. The highest BCUT2D eigenvalue weighted by Gasteiger charge is 2.34. The van der Waals surface area contributed by atoms with Crippen molar-refractivity contribution in [1.29, 1.82) is 0 Å². The lowest BCUT2D eigenvalue weighted by Gasteiger charge is -2.26. The maximum Gasteiger partial charge on any atom is 0.433 e. The summed E-state index contributed by atoms with van der Waals surface area (Å²) in [6.07, 6.45) is -2.10. The van der Waals surface area contributed by atoms with Crippen LogP contribution in [-0.4, -0.2) is 33.8 Å². The van der Waals surface area contributed by atoms with E-state index in [9.17, 15) is 18.3 Å². The smallest absolute Gasteiger partial charge is 0.393 e. The van der Waals surface area contributed by atoms with Crippen LogP contribution < -0.4 is 10.6 Å². The molecule has 1 saturated carbocycles. The van der Waals surface area contributed by atoms with Crippen molar-refractivity contribution in [1.82, 2.24) is 9.97 Å². The summed E-state index contributed by atoms with van der Waals surface area (Å²) >= 11 is 0. The number of nitrogens with zero attached hydrogens (tertiary/aromatic N) is 2. The van der Waals surface area contributed by atoms with Gasteiger partial charge in [-0.2, -0.15) is 18.2 Å². The van der Waals surface area contributed by atoms with E-state index < -0.39 is 11.9 Å². The third-order valence-corrected chi connectivity index (χ3v) is 3.40. The van der Waals surface area contributed by atoms with E-state index in [1.54, 1.807) is 6.92 Å². The Balaban J connectivity index is 2.15. The predicted octanol–water partition coefficient (Wildman–Crippen LogP) is 2.64. The van der Waals surface area contributed by atoms with Crippen LogP contribution in [0.3, 0.4) is 0 Å². The van der Waals surface area contributed by atoms with Crippen molar-refractivity contribution in [3.8, 4) is 0 Å². The van der Waals surface area contributed by atoms with Gasteiger partial charge in [-0.15, -0.1) is 0 Å². The first-order chi connectivity index (χ1) is 9.88. The molecule has 2 rings (SSSR count). The first-order valence-corrected chi connectivity index (χ1v) is 7.03. The standard InChI is InChI=1S/C13H19F3N4O/c1-2-17-12-19-10(13(14,15)16)7-11(20-12)18-8-3-5-9(21)6-4-8/h7-9,21H,2-6H2,1H3,(H2,17,18,19,20). The Morgan fingerprint density at radius 2 is 1.90 bits per heavy atom. The number of nitrogens with one attached hydrogen (secondary N) is 2. The summed E-state index contributed by atoms with van der Waals surface area (Å²) in [5.41, 5.74) is -0.966. The molecular weight excluding hydrogens is 285 g/mol. The van der Waals surface area contributed by atoms with Gasteiger partial charge >= 0.3 is 6.18 Å². The molecule has 0 saturated heterocycles. The fourth-order valence-corrected chi connectivity index (χ4v) is 2.33. The lowest BCUT2D eigenvalue weighted by atomic mass is 9.93. The summed E-state index contributed by atoms with van der Waals surface area (Å²) in [4.78, 5) is 7.53. The number of rotatable bonds is 4. The molecule has 0 unspecified atom stereocenters. The van der Waals surface area contributed by atoms with Crippen LogP contribution in [0, 0.1) is 0 Å². The molecule has 0 aromatic carbocycles. The average Bonchev–Trinajstić information content (AvgIpc) is 2.41. The zero-order valence-electron chi connectivity index (χ0n) is 11.7. The van der Waals surface area contributed by atoms with E-state index in [0.717, 1.165) is 6.07 Å². The summed E-state index contributed by atoms with van der Waals surface area (Å²) < 4.78 is 38.5. The zero-order chi connectivity index (χ0) is 15.5. The average molecular weight is 304 g/mol. The highest BCUT2D eigenvalue weighted by Crippen LogP contribution is 2.30. The van der Waals surface area contributed by atoms with E-state index in [2.05, 4.69) is 20.6 Å². The molecule has 3 N–H and O–H groups in total. The van der Waals surface area contributed by atoms with E-state index >= 15 is 0 Å². The zero-order valence-corrected chi connectivity index (χ0v) is 11.7. The van der Waals surface area contributed by atoms with Gasteiger partial charge in [-0.25, -0.2) is 4.98 Å². The SMILES string of the molecule is CCNc1nc(NC2CCC(O)CC2)cc(C(F)(F)F)n1. The molecular formula is C13H19F3N4O. The van der Waals surface area contributed by atoms with E-state index in [0.29, 0.717) is 32.2 Å². The van der Waals surface area contributed by atoms with E-state index in [4.69, 9.17) is 0 Å². The Labute approximate surface area is 121 Å². The second-order valence-electron chi connectivity index (χ2n) is 5.14. The van der Waals surface area contributed by atoms with Gasteiger partial charge in [0.15, 0.2) is 5.69 Å². The van der Waals surface area contributed by atoms with Crippen LogP contribution in [0.15, 0.2) is 6.07 Å². The molecule has 0 bridgehead atoms. The Hall–Kier alpha value is -1.57. The van der Waals surface area contributed by atoms with Crippen molar-refractivity contribution in [3.05, 3.63) is 11.8 Å². The van der Waals surface area contributed by atoms with Gasteiger partial charge in [0, 0.05) is 18.7 Å². The Morgan fingerprint density at radius 3 is 2.48 bits per heavy atom. The summed E-state index contributed by atoms with van der Waals surface area (Å²) in [5.74, 6) is 0.125. The Morgan fingerprint density at radius 1 is 1.24 bits per heavy atom. The van der Waals surface area contributed by atoms with Gasteiger partial charge in [-0.05, 0) is 32.6 Å². The normalized spacial score (nSPS) is 22.9. The second-order valence-corrected chi connectivity index (χ2v) is 5.14. The molecule has 1 aromatic rings. The summed E-state index contributed by atoms with van der Waals surface area (Å²) in [5, 5.41) is 15.2. The third kappa shape index (κ3) is 4.45. The molecule has 0 aliphatic heterocycles. The summed E-state index contributed by atoms with van der Waals surface area (Å²) in [7, 11) is 0. The summed E-state index contributed by atoms with van der Waals surface area (Å²) in [6.45, 7) is 2.20. The van der Waals surface area contributed by atoms with Gasteiger partial charge in [-0.1, -0.05) is 0 Å². The first-order valence-electron chi connectivity index (χ1n) is 7.03. The van der Waals surface area contributed by atoms with Crippen LogP contribution in [0.1, 0.15) is 38.3 Å². The predicted molar refractivity (Wildman–Crippen MR) is 73.1 cm³/mol. The van der Waals surface area contributed by atoms with Crippen molar-refractivity contribution in [3.63, 3.8) is 0 Å². The topological polar surface area (TPSA) is 70.1 Å². The van der Waals surface area contributed by atoms with Gasteiger partial charge in [0.2, 0.25) is 5.95 Å². The number of hydrogen-bond donors (Lipinski definition) is 3. The number of hydrogen-bond acceptors (Lipinski definition) is 5. The molecule has 1 aromatic heterocycles. The maximum atomic E-state index is 12.8. The molecule has 1 aliphatic carbocycles. The highest BCUT2D eigenvalue weighted by atomic mass is 19.4. The van der Waals surface area contributed by atoms with Gasteiger partial charge < -0.3 is 15.7 Å². The molecule has 0 atom stereocenters. The number of alkyl halides is 3. The number of anilines is 2. The minimum Gasteiger partial charge on any atom is -0.393 e. The largest absolute Gasteiger partial charge is 0.433 e. The van der Waals surface area contributed by atoms with Crippen LogP contribution >= 0.6 is 0 Å². The van der Waals surface area contributed by atoms with E-state index in [1.807, 2.05) is 0 Å². The molecule has 1 heterocycles. The van der Waals surface area contributed by atoms with Crippen LogP contribution in [0.25, 0.3) is 0 Å². The van der Waals surface area contributed by atoms with Crippen molar-refractivity contribution in [2.24, 2.45) is 0 Å². The van der Waals surface area contributed by atoms with Gasteiger partial charge in [0.1, 0.15) is 5.82 Å². The molecule has 0 spiro atoms. The Kier molecular flexibility index (Phi) is 4.87. The second kappa shape index (κ2) is 6.46. The van der Waals surface area contributed by atoms with Crippen molar-refractivity contribution in [2.45, 2.75) is 50.9 Å². The number of aromatic nitrogens is 2. The van der Waals surface area contributed by atoms with Crippen LogP contribution in [0.5, 0.6) is 0 Å². The molecule has 0 amide bonds. The van der Waals surface area contributed by atoms with E-state index in [-0.39, 0.29) is 23.9 Å². The number of aliphatic hydroxyl groups excluding tert-OH is 1. The highest BCUT2D eigenvalue weighted by molar-refractivity contribution is 5.43. The van der Waals surface area contributed by atoms with Crippen LogP contribution in [0.4, 0.5) is 24.9 Å². The minimum atomic E-state index is -4.51. The summed E-state index contributed by atoms with van der Waals surface area (Å²) in [6, 6.07) is 0.949. The molecule has 118 valence electrons. The number of halogens is 3. The third-order valence-electron chi connectivity index (χ3n) is 3.40. The van der Waals surface area contributed by atoms with Crippen molar-refractivity contribution < 1.29 is 18.3 Å². The first kappa shape index (κ1) is 15.8.